The van der Waals surface area contributed by atoms with E-state index in [0.717, 1.165) is 6.07 Å². The lowest BCUT2D eigenvalue weighted by Gasteiger charge is -2.42. The normalized spacial score (nSPS) is 32.9. The van der Waals surface area contributed by atoms with E-state index in [-0.39, 0.29) is 45.5 Å². The van der Waals surface area contributed by atoms with Crippen LogP contribution >= 0.6 is 0 Å². The Bertz CT molecular complexity index is 1450. The predicted molar refractivity (Wildman–Crippen MR) is 143 cm³/mol. The van der Waals surface area contributed by atoms with Gasteiger partial charge in [-0.1, -0.05) is 0 Å². The molecule has 0 radical (unpaired) electrons. The molecular weight excluding hydrogens is 576 g/mol. The third-order valence-electron chi connectivity index (χ3n) is 7.40. The summed E-state index contributed by atoms with van der Waals surface area (Å²) >= 11 is 0. The molecule has 2 aliphatic rings. The van der Waals surface area contributed by atoms with Gasteiger partial charge in [0.05, 0.1) is 31.5 Å². The van der Waals surface area contributed by atoms with E-state index in [1.54, 1.807) is 0 Å². The maximum absolute atomic E-state index is 10.7. The molecule has 2 fully saturated rings. The van der Waals surface area contributed by atoms with Crippen LogP contribution in [0.4, 0.5) is 0 Å². The molecule has 3 aromatic rings. The fourth-order valence-corrected chi connectivity index (χ4v) is 4.91. The van der Waals surface area contributed by atoms with Crippen molar-refractivity contribution in [1.29, 1.82) is 0 Å². The number of methoxy groups -OCH3 is 1. The van der Waals surface area contributed by atoms with E-state index in [1.807, 2.05) is 0 Å². The lowest BCUT2D eigenvalue weighted by Crippen LogP contribution is -2.61. The first-order valence-corrected chi connectivity index (χ1v) is 13.3. The number of benzene rings is 2. The summed E-state index contributed by atoms with van der Waals surface area (Å²) in [5, 5.41) is 92.6. The number of phenolic OH excluding ortho intramolecular Hbond substituents is 3. The fraction of sp³-hybridized carbons (Fsp3) is 0.464. The maximum Gasteiger partial charge on any atom is 0.402 e. The third kappa shape index (κ3) is 5.99. The van der Waals surface area contributed by atoms with Crippen molar-refractivity contribution in [2.45, 2.75) is 68.3 Å². The van der Waals surface area contributed by atoms with Crippen molar-refractivity contribution in [3.63, 3.8) is 0 Å². The SMILES string of the molecule is COc1cc(-c2[o+]c3cc(O)cc(O)c3cc2O[C@@H]2O[C@H](CO[C@@H]3O[C@H](C)[C@H](O)[C@H](O)[C@H]3O)[C@@H](O)[C@@H](O)[C@@H]2O)ccc1O. The van der Waals surface area contributed by atoms with Gasteiger partial charge in [0.25, 0.3) is 0 Å². The molecular formula is C28H33O15+. The molecule has 15 nitrogen and oxygen atoms in total. The van der Waals surface area contributed by atoms with Gasteiger partial charge in [-0.2, -0.15) is 0 Å². The minimum absolute atomic E-state index is 0.0136. The van der Waals surface area contributed by atoms with Gasteiger partial charge >= 0.3 is 11.3 Å². The smallest absolute Gasteiger partial charge is 0.402 e. The van der Waals surface area contributed by atoms with Gasteiger partial charge < -0.3 is 69.6 Å². The van der Waals surface area contributed by atoms with Crippen LogP contribution in [0, 0.1) is 0 Å². The molecule has 0 amide bonds. The average Bonchev–Trinajstić information content (AvgIpc) is 2.98. The zero-order valence-corrected chi connectivity index (χ0v) is 22.9. The van der Waals surface area contributed by atoms with Crippen LogP contribution in [0.15, 0.2) is 40.8 Å². The topological polar surface area (TPSA) is 240 Å². The highest BCUT2D eigenvalue weighted by atomic mass is 16.7. The summed E-state index contributed by atoms with van der Waals surface area (Å²) in [4.78, 5) is 0. The number of aliphatic hydroxyl groups is 6. The van der Waals surface area contributed by atoms with Crippen molar-refractivity contribution < 1.29 is 74.1 Å². The van der Waals surface area contributed by atoms with E-state index in [9.17, 15) is 46.0 Å². The Hall–Kier alpha value is -3.51. The first-order valence-electron chi connectivity index (χ1n) is 13.3. The maximum atomic E-state index is 10.7. The van der Waals surface area contributed by atoms with Gasteiger partial charge in [0.15, 0.2) is 17.8 Å². The van der Waals surface area contributed by atoms with Crippen LogP contribution in [0.3, 0.4) is 0 Å². The van der Waals surface area contributed by atoms with Crippen LogP contribution in [0.5, 0.6) is 28.7 Å². The van der Waals surface area contributed by atoms with Gasteiger partial charge in [-0.3, -0.25) is 0 Å². The van der Waals surface area contributed by atoms with Crippen LogP contribution < -0.4 is 9.47 Å². The summed E-state index contributed by atoms with van der Waals surface area (Å²) in [5.41, 5.74) is 0.352. The van der Waals surface area contributed by atoms with Crippen LogP contribution in [-0.2, 0) is 14.2 Å². The second kappa shape index (κ2) is 12.2. The van der Waals surface area contributed by atoms with Crippen molar-refractivity contribution in [2.75, 3.05) is 13.7 Å². The molecule has 0 unspecified atom stereocenters. The summed E-state index contributed by atoms with van der Waals surface area (Å²) in [5.74, 6) is -0.865. The van der Waals surface area contributed by atoms with Gasteiger partial charge in [0.2, 0.25) is 12.0 Å². The molecule has 0 bridgehead atoms. The number of fused-ring (bicyclic) bond motifs is 1. The molecule has 0 saturated carbocycles. The molecule has 2 aliphatic heterocycles. The Kier molecular flexibility index (Phi) is 8.80. The fourth-order valence-electron chi connectivity index (χ4n) is 4.91. The number of aromatic hydroxyl groups is 3. The second-order valence-corrected chi connectivity index (χ2v) is 10.4. The molecule has 9 N–H and O–H groups in total. The lowest BCUT2D eigenvalue weighted by atomic mass is 9.98. The summed E-state index contributed by atoms with van der Waals surface area (Å²) in [7, 11) is 1.34. The van der Waals surface area contributed by atoms with Gasteiger partial charge in [-0.05, 0) is 19.1 Å². The number of aliphatic hydroxyl groups excluding tert-OH is 6. The van der Waals surface area contributed by atoms with Crippen LogP contribution in [0.1, 0.15) is 6.92 Å². The number of rotatable bonds is 7. The molecule has 43 heavy (non-hydrogen) atoms. The summed E-state index contributed by atoms with van der Waals surface area (Å²) in [6, 6.07) is 7.87. The number of hydrogen-bond donors (Lipinski definition) is 9. The minimum atomic E-state index is -1.80. The van der Waals surface area contributed by atoms with Gasteiger partial charge in [0, 0.05) is 18.2 Å². The Labute approximate surface area is 243 Å². The average molecular weight is 610 g/mol. The van der Waals surface area contributed by atoms with Crippen LogP contribution in [0.2, 0.25) is 0 Å². The molecule has 2 saturated heterocycles. The highest BCUT2D eigenvalue weighted by molar-refractivity contribution is 5.88. The van der Waals surface area contributed by atoms with Gasteiger partial charge in [-0.25, -0.2) is 4.42 Å². The Morgan fingerprint density at radius 1 is 0.744 bits per heavy atom. The minimum Gasteiger partial charge on any atom is -0.507 e. The van der Waals surface area contributed by atoms with Crippen LogP contribution in [0.25, 0.3) is 22.3 Å². The van der Waals surface area contributed by atoms with E-state index in [1.165, 1.54) is 44.4 Å². The van der Waals surface area contributed by atoms with Crippen molar-refractivity contribution in [3.05, 3.63) is 36.4 Å². The van der Waals surface area contributed by atoms with E-state index < -0.39 is 68.0 Å². The van der Waals surface area contributed by atoms with Crippen molar-refractivity contribution in [1.82, 2.24) is 0 Å². The third-order valence-corrected chi connectivity index (χ3v) is 7.40. The summed E-state index contributed by atoms with van der Waals surface area (Å²) in [6.45, 7) is 0.952. The number of phenols is 3. The highest BCUT2D eigenvalue weighted by Gasteiger charge is 2.48. The monoisotopic (exact) mass is 609 g/mol. The van der Waals surface area contributed by atoms with Crippen molar-refractivity contribution in [3.8, 4) is 40.1 Å². The Morgan fingerprint density at radius 3 is 2.16 bits per heavy atom. The lowest BCUT2D eigenvalue weighted by molar-refractivity contribution is -0.318. The van der Waals surface area contributed by atoms with Crippen molar-refractivity contribution >= 4 is 11.0 Å². The molecule has 234 valence electrons. The van der Waals surface area contributed by atoms with Crippen LogP contribution in [-0.4, -0.2) is 121 Å². The zero-order chi connectivity index (χ0) is 31.2. The van der Waals surface area contributed by atoms with E-state index in [4.69, 9.17) is 28.1 Å². The largest absolute Gasteiger partial charge is 0.507 e. The molecule has 2 aromatic carbocycles. The molecule has 0 aliphatic carbocycles. The van der Waals surface area contributed by atoms with E-state index in [2.05, 4.69) is 0 Å². The first kappa shape index (κ1) is 30.9. The predicted octanol–water partition coefficient (Wildman–Crippen LogP) is -0.463. The van der Waals surface area contributed by atoms with E-state index >= 15 is 0 Å². The second-order valence-electron chi connectivity index (χ2n) is 10.4. The molecule has 3 heterocycles. The summed E-state index contributed by atoms with van der Waals surface area (Å²) < 4.78 is 33.7. The highest BCUT2D eigenvalue weighted by Crippen LogP contribution is 2.42. The Morgan fingerprint density at radius 2 is 1.44 bits per heavy atom. The summed E-state index contributed by atoms with van der Waals surface area (Å²) in [6.07, 6.45) is -15.1. The Balaban J connectivity index is 1.45. The van der Waals surface area contributed by atoms with Gasteiger partial charge in [0.1, 0.15) is 59.6 Å². The number of ether oxygens (including phenoxy) is 5. The molecule has 15 heteroatoms. The quantitative estimate of drug-likeness (QED) is 0.154. The molecule has 10 atom stereocenters. The molecule has 1 aromatic heterocycles. The standard InChI is InChI=1S/C28H32O15/c1-10-20(32)22(34)24(36)27(40-10)39-9-19-21(33)23(35)25(37)28(43-19)42-18-8-13-15(31)6-12(29)7-16(13)41-26(18)11-3-4-14(30)17(5-11)38-2/h3-8,10,19-25,27-28,32-37H,9H2,1-2H3,(H2-,29,30,31)/p+1/t10-,19-,20+,21-,22+,23-,24-,25+,27-,28-/m1/s1. The molecule has 5 rings (SSSR count). The van der Waals surface area contributed by atoms with E-state index in [0.29, 0.717) is 5.56 Å². The number of hydrogen-bond acceptors (Lipinski definition) is 14. The van der Waals surface area contributed by atoms with Crippen molar-refractivity contribution in [2.24, 2.45) is 0 Å². The van der Waals surface area contributed by atoms with Gasteiger partial charge in [-0.15, -0.1) is 0 Å². The molecule has 0 spiro atoms. The first-order chi connectivity index (χ1) is 20.4. The zero-order valence-electron chi connectivity index (χ0n) is 22.9.